The van der Waals surface area contributed by atoms with Crippen LogP contribution < -0.4 is 15.5 Å². The minimum Gasteiger partial charge on any atom is -0.393 e. The summed E-state index contributed by atoms with van der Waals surface area (Å²) in [5.74, 6) is 1.45. The topological polar surface area (TPSA) is 81.7 Å². The zero-order valence-corrected chi connectivity index (χ0v) is 17.8. The van der Waals surface area contributed by atoms with Crippen LogP contribution in [-0.2, 0) is 9.59 Å². The molecule has 2 amide bonds. The Labute approximate surface area is 178 Å². The molecule has 5 fully saturated rings. The summed E-state index contributed by atoms with van der Waals surface area (Å²) in [6, 6.07) is 8.10. The van der Waals surface area contributed by atoms with Gasteiger partial charge >= 0.3 is 0 Å². The first kappa shape index (κ1) is 19.9. The van der Waals surface area contributed by atoms with Gasteiger partial charge in [-0.15, -0.1) is 0 Å². The summed E-state index contributed by atoms with van der Waals surface area (Å²) < 4.78 is 0. The Morgan fingerprint density at radius 3 is 2.47 bits per heavy atom. The molecule has 1 heterocycles. The fourth-order valence-corrected chi connectivity index (χ4v) is 6.90. The van der Waals surface area contributed by atoms with E-state index in [2.05, 4.69) is 15.5 Å². The molecule has 1 aliphatic heterocycles. The van der Waals surface area contributed by atoms with Crippen LogP contribution in [0, 0.1) is 23.2 Å². The maximum absolute atomic E-state index is 13.4. The number of nitrogens with one attached hydrogen (secondary N) is 2. The van der Waals surface area contributed by atoms with E-state index >= 15 is 0 Å². The Morgan fingerprint density at radius 2 is 1.80 bits per heavy atom. The molecule has 5 aliphatic rings. The van der Waals surface area contributed by atoms with Gasteiger partial charge in [0.2, 0.25) is 11.8 Å². The third kappa shape index (κ3) is 3.59. The van der Waals surface area contributed by atoms with Gasteiger partial charge in [0.25, 0.3) is 0 Å². The third-order valence-electron chi connectivity index (χ3n) is 8.01. The lowest BCUT2D eigenvalue weighted by Gasteiger charge is -2.58. The van der Waals surface area contributed by atoms with Crippen molar-refractivity contribution >= 4 is 23.2 Å². The Morgan fingerprint density at radius 1 is 1.10 bits per heavy atom. The molecule has 4 bridgehead atoms. The highest BCUT2D eigenvalue weighted by atomic mass is 16.3. The van der Waals surface area contributed by atoms with Crippen LogP contribution in [0.15, 0.2) is 24.3 Å². The molecule has 0 aromatic heterocycles. The minimum absolute atomic E-state index is 0.0688. The van der Waals surface area contributed by atoms with Gasteiger partial charge in [0.05, 0.1) is 11.5 Å². The van der Waals surface area contributed by atoms with Crippen LogP contribution >= 0.6 is 0 Å². The van der Waals surface area contributed by atoms with E-state index in [1.54, 1.807) is 0 Å². The normalized spacial score (nSPS) is 37.1. The van der Waals surface area contributed by atoms with Crippen LogP contribution in [0.1, 0.15) is 51.9 Å². The van der Waals surface area contributed by atoms with E-state index in [0.29, 0.717) is 17.8 Å². The van der Waals surface area contributed by atoms with Crippen molar-refractivity contribution in [3.63, 3.8) is 0 Å². The number of anilines is 2. The van der Waals surface area contributed by atoms with Crippen molar-refractivity contribution in [3.05, 3.63) is 24.3 Å². The highest BCUT2D eigenvalue weighted by molar-refractivity contribution is 5.88. The SMILES string of the molecule is CC(=O)Nc1ccc(N2CCCC(NC(=O)C34CC5CC(C3)C(O)C(C5)C4)C2)cc1. The molecule has 3 unspecified atom stereocenters. The maximum atomic E-state index is 13.4. The number of carbonyl (C=O) groups is 2. The first-order valence-corrected chi connectivity index (χ1v) is 11.5. The Bertz CT molecular complexity index is 807. The number of nitrogens with zero attached hydrogens (tertiary/aromatic N) is 1. The van der Waals surface area contributed by atoms with Crippen LogP contribution in [0.4, 0.5) is 11.4 Å². The summed E-state index contributed by atoms with van der Waals surface area (Å²) in [6.45, 7) is 3.31. The number of hydrogen-bond acceptors (Lipinski definition) is 4. The molecular weight excluding hydrogens is 378 g/mol. The van der Waals surface area contributed by atoms with Gasteiger partial charge in [0.15, 0.2) is 0 Å². The molecule has 4 saturated carbocycles. The van der Waals surface area contributed by atoms with Crippen LogP contribution in [0.3, 0.4) is 0 Å². The average Bonchev–Trinajstić information content (AvgIpc) is 2.71. The van der Waals surface area contributed by atoms with Gasteiger partial charge in [-0.2, -0.15) is 0 Å². The molecule has 4 aliphatic carbocycles. The quantitative estimate of drug-likeness (QED) is 0.712. The van der Waals surface area contributed by atoms with Crippen molar-refractivity contribution < 1.29 is 14.7 Å². The molecule has 3 atom stereocenters. The number of amides is 2. The van der Waals surface area contributed by atoms with E-state index in [1.807, 2.05) is 24.3 Å². The molecule has 1 aromatic carbocycles. The zero-order valence-electron chi connectivity index (χ0n) is 17.8. The van der Waals surface area contributed by atoms with E-state index in [4.69, 9.17) is 0 Å². The van der Waals surface area contributed by atoms with Crippen LogP contribution in [0.5, 0.6) is 0 Å². The second-order valence-electron chi connectivity index (χ2n) is 10.2. The van der Waals surface area contributed by atoms with Crippen LogP contribution in [-0.4, -0.2) is 42.2 Å². The number of aliphatic hydroxyl groups is 1. The van der Waals surface area contributed by atoms with Crippen LogP contribution in [0.25, 0.3) is 0 Å². The standard InChI is InChI=1S/C24H33N3O3/c1-15(28)25-19-4-6-21(7-5-19)27-8-2-3-20(14-27)26-23(30)24-11-16-9-17(12-24)22(29)18(10-16)13-24/h4-7,16-18,20,22,29H,2-3,8-14H2,1H3,(H,25,28)(H,26,30). The summed E-state index contributed by atoms with van der Waals surface area (Å²) in [5.41, 5.74) is 1.69. The van der Waals surface area contributed by atoms with Gasteiger partial charge < -0.3 is 20.6 Å². The highest BCUT2D eigenvalue weighted by Crippen LogP contribution is 2.60. The molecule has 1 aromatic rings. The molecular formula is C24H33N3O3. The largest absolute Gasteiger partial charge is 0.393 e. The van der Waals surface area contributed by atoms with Gasteiger partial charge in [-0.1, -0.05) is 0 Å². The third-order valence-corrected chi connectivity index (χ3v) is 8.01. The number of carbonyl (C=O) groups excluding carboxylic acids is 2. The number of aliphatic hydroxyl groups excluding tert-OH is 1. The molecule has 6 heteroatoms. The molecule has 0 radical (unpaired) electrons. The Balaban J connectivity index is 1.23. The molecule has 6 rings (SSSR count). The zero-order chi connectivity index (χ0) is 20.9. The second kappa shape index (κ2) is 7.56. The molecule has 1 saturated heterocycles. The number of piperidine rings is 1. The van der Waals surface area contributed by atoms with Crippen LogP contribution in [0.2, 0.25) is 0 Å². The van der Waals surface area contributed by atoms with E-state index in [1.165, 1.54) is 6.92 Å². The molecule has 3 N–H and O–H groups in total. The minimum atomic E-state index is -0.238. The number of hydrogen-bond donors (Lipinski definition) is 3. The summed E-state index contributed by atoms with van der Waals surface area (Å²) in [5, 5.41) is 16.7. The van der Waals surface area contributed by atoms with E-state index in [9.17, 15) is 14.7 Å². The number of benzene rings is 1. The fourth-order valence-electron chi connectivity index (χ4n) is 6.90. The molecule has 30 heavy (non-hydrogen) atoms. The highest BCUT2D eigenvalue weighted by Gasteiger charge is 2.58. The van der Waals surface area contributed by atoms with Gasteiger partial charge in [0, 0.05) is 37.4 Å². The molecule has 162 valence electrons. The van der Waals surface area contributed by atoms with Crippen molar-refractivity contribution in [1.82, 2.24) is 5.32 Å². The first-order chi connectivity index (χ1) is 14.4. The van der Waals surface area contributed by atoms with Crippen molar-refractivity contribution in [2.45, 2.75) is 64.0 Å². The predicted octanol–water partition coefficient (Wildman–Crippen LogP) is 2.92. The van der Waals surface area contributed by atoms with E-state index < -0.39 is 0 Å². The van der Waals surface area contributed by atoms with Gasteiger partial charge in [-0.25, -0.2) is 0 Å². The Hall–Kier alpha value is -2.08. The first-order valence-electron chi connectivity index (χ1n) is 11.5. The van der Waals surface area contributed by atoms with E-state index in [-0.39, 0.29) is 29.4 Å². The van der Waals surface area contributed by atoms with Crippen molar-refractivity contribution in [2.24, 2.45) is 23.2 Å². The molecule has 6 nitrogen and oxygen atoms in total. The predicted molar refractivity (Wildman–Crippen MR) is 116 cm³/mol. The lowest BCUT2D eigenvalue weighted by atomic mass is 9.48. The van der Waals surface area contributed by atoms with Crippen molar-refractivity contribution in [3.8, 4) is 0 Å². The monoisotopic (exact) mass is 411 g/mol. The second-order valence-corrected chi connectivity index (χ2v) is 10.2. The lowest BCUT2D eigenvalue weighted by Crippen LogP contribution is -2.60. The average molecular weight is 412 g/mol. The van der Waals surface area contributed by atoms with Gasteiger partial charge in [-0.05, 0) is 87.0 Å². The lowest BCUT2D eigenvalue weighted by molar-refractivity contribution is -0.163. The van der Waals surface area contributed by atoms with Crippen molar-refractivity contribution in [1.29, 1.82) is 0 Å². The van der Waals surface area contributed by atoms with E-state index in [0.717, 1.165) is 69.4 Å². The summed E-state index contributed by atoms with van der Waals surface area (Å²) in [7, 11) is 0. The Kier molecular flexibility index (Phi) is 5.00. The maximum Gasteiger partial charge on any atom is 0.226 e. The molecule has 0 spiro atoms. The summed E-state index contributed by atoms with van der Waals surface area (Å²) in [6.07, 6.45) is 6.85. The summed E-state index contributed by atoms with van der Waals surface area (Å²) in [4.78, 5) is 27.0. The number of rotatable bonds is 4. The smallest absolute Gasteiger partial charge is 0.226 e. The van der Waals surface area contributed by atoms with Gasteiger partial charge in [0.1, 0.15) is 0 Å². The fraction of sp³-hybridized carbons (Fsp3) is 0.667. The summed E-state index contributed by atoms with van der Waals surface area (Å²) >= 11 is 0. The van der Waals surface area contributed by atoms with Crippen molar-refractivity contribution in [2.75, 3.05) is 23.3 Å². The van der Waals surface area contributed by atoms with Gasteiger partial charge in [-0.3, -0.25) is 9.59 Å².